The summed E-state index contributed by atoms with van der Waals surface area (Å²) in [6, 6.07) is 4.00. The molecule has 1 rings (SSSR count). The lowest BCUT2D eigenvalue weighted by Crippen LogP contribution is -2.33. The minimum Gasteiger partial charge on any atom is -0.496 e. The van der Waals surface area contributed by atoms with Crippen molar-refractivity contribution in [2.75, 3.05) is 13.7 Å². The maximum absolute atomic E-state index is 11.6. The van der Waals surface area contributed by atoms with Crippen LogP contribution in [0.25, 0.3) is 0 Å². The van der Waals surface area contributed by atoms with Gasteiger partial charge in [0.1, 0.15) is 11.4 Å². The third kappa shape index (κ3) is 5.41. The Labute approximate surface area is 129 Å². The second-order valence-corrected chi connectivity index (χ2v) is 6.45. The van der Waals surface area contributed by atoms with Crippen molar-refractivity contribution in [2.24, 2.45) is 0 Å². The lowest BCUT2D eigenvalue weighted by molar-refractivity contribution is 0.0528. The van der Waals surface area contributed by atoms with Gasteiger partial charge in [0.05, 0.1) is 7.11 Å². The first-order chi connectivity index (χ1) is 9.23. The zero-order valence-corrected chi connectivity index (χ0v) is 14.3. The summed E-state index contributed by atoms with van der Waals surface area (Å²) < 4.78 is 11.5. The van der Waals surface area contributed by atoms with Crippen LogP contribution in [0.1, 0.15) is 31.9 Å². The molecule has 1 aromatic carbocycles. The number of benzene rings is 1. The van der Waals surface area contributed by atoms with Crippen molar-refractivity contribution in [1.29, 1.82) is 0 Å². The van der Waals surface area contributed by atoms with Crippen LogP contribution < -0.4 is 10.1 Å². The van der Waals surface area contributed by atoms with Gasteiger partial charge < -0.3 is 14.8 Å². The molecule has 0 saturated carbocycles. The van der Waals surface area contributed by atoms with Gasteiger partial charge in [0.2, 0.25) is 0 Å². The predicted molar refractivity (Wildman–Crippen MR) is 83.4 cm³/mol. The number of hydrogen-bond acceptors (Lipinski definition) is 3. The van der Waals surface area contributed by atoms with Crippen molar-refractivity contribution in [2.45, 2.75) is 39.7 Å². The molecule has 0 aliphatic carbocycles. The van der Waals surface area contributed by atoms with Crippen LogP contribution in [0.15, 0.2) is 16.6 Å². The van der Waals surface area contributed by atoms with Crippen molar-refractivity contribution in [3.8, 4) is 5.75 Å². The van der Waals surface area contributed by atoms with Crippen LogP contribution in [0, 0.1) is 6.92 Å². The highest BCUT2D eigenvalue weighted by atomic mass is 79.9. The van der Waals surface area contributed by atoms with E-state index >= 15 is 0 Å². The van der Waals surface area contributed by atoms with E-state index in [9.17, 15) is 4.79 Å². The Kier molecular flexibility index (Phi) is 5.87. The van der Waals surface area contributed by atoms with E-state index in [0.717, 1.165) is 21.3 Å². The molecular weight excluding hydrogens is 322 g/mol. The van der Waals surface area contributed by atoms with Crippen LogP contribution in [0.4, 0.5) is 4.79 Å². The highest BCUT2D eigenvalue weighted by Crippen LogP contribution is 2.27. The Hall–Kier alpha value is -1.23. The highest BCUT2D eigenvalue weighted by molar-refractivity contribution is 9.10. The monoisotopic (exact) mass is 343 g/mol. The van der Waals surface area contributed by atoms with Crippen molar-refractivity contribution in [3.63, 3.8) is 0 Å². The zero-order chi connectivity index (χ0) is 15.3. The molecule has 4 nitrogen and oxygen atoms in total. The number of ether oxygens (including phenoxy) is 2. The van der Waals surface area contributed by atoms with Gasteiger partial charge in [0.25, 0.3) is 0 Å². The number of amides is 1. The second-order valence-electron chi connectivity index (χ2n) is 5.59. The van der Waals surface area contributed by atoms with Gasteiger partial charge in [-0.15, -0.1) is 0 Å². The number of nitrogens with one attached hydrogen (secondary N) is 1. The third-order valence-corrected chi connectivity index (χ3v) is 3.48. The van der Waals surface area contributed by atoms with E-state index in [1.807, 2.05) is 33.8 Å². The van der Waals surface area contributed by atoms with Crippen molar-refractivity contribution in [1.82, 2.24) is 5.32 Å². The Morgan fingerprint density at radius 3 is 2.55 bits per heavy atom. The number of rotatable bonds is 4. The van der Waals surface area contributed by atoms with Crippen LogP contribution in [-0.4, -0.2) is 25.3 Å². The summed E-state index contributed by atoms with van der Waals surface area (Å²) in [5.74, 6) is 0.813. The van der Waals surface area contributed by atoms with E-state index in [1.54, 1.807) is 7.11 Å². The number of hydrogen-bond donors (Lipinski definition) is 1. The number of aryl methyl sites for hydroxylation is 1. The number of methoxy groups -OCH3 is 1. The SMILES string of the molecule is COc1cc(Br)c(C)cc1CCNC(=O)OC(C)(C)C. The maximum atomic E-state index is 11.6. The minimum atomic E-state index is -0.476. The fourth-order valence-electron chi connectivity index (χ4n) is 1.72. The second kappa shape index (κ2) is 6.97. The van der Waals surface area contributed by atoms with Gasteiger partial charge in [0, 0.05) is 11.0 Å². The summed E-state index contributed by atoms with van der Waals surface area (Å²) in [5.41, 5.74) is 1.72. The summed E-state index contributed by atoms with van der Waals surface area (Å²) in [6.07, 6.45) is 0.293. The molecule has 20 heavy (non-hydrogen) atoms. The molecule has 0 spiro atoms. The van der Waals surface area contributed by atoms with Crippen molar-refractivity contribution in [3.05, 3.63) is 27.7 Å². The molecule has 1 N–H and O–H groups in total. The summed E-state index contributed by atoms with van der Waals surface area (Å²) in [7, 11) is 1.64. The van der Waals surface area contributed by atoms with E-state index in [2.05, 4.69) is 27.3 Å². The smallest absolute Gasteiger partial charge is 0.407 e. The molecule has 0 saturated heterocycles. The van der Waals surface area contributed by atoms with Crippen molar-refractivity contribution >= 4 is 22.0 Å². The van der Waals surface area contributed by atoms with Crippen LogP contribution in [0.3, 0.4) is 0 Å². The molecule has 0 aliphatic heterocycles. The number of carbonyl (C=O) groups excluding carboxylic acids is 1. The molecule has 0 fully saturated rings. The number of carbonyl (C=O) groups is 1. The summed E-state index contributed by atoms with van der Waals surface area (Å²) >= 11 is 3.48. The standard InChI is InChI=1S/C15H22BrNO3/c1-10-8-11(13(19-5)9-12(10)16)6-7-17-14(18)20-15(2,3)4/h8-9H,6-7H2,1-5H3,(H,17,18). The molecule has 0 aromatic heterocycles. The Bertz CT molecular complexity index is 481. The van der Waals surface area contributed by atoms with Gasteiger partial charge in [-0.25, -0.2) is 4.79 Å². The Morgan fingerprint density at radius 2 is 2.00 bits per heavy atom. The lowest BCUT2D eigenvalue weighted by atomic mass is 10.1. The van der Waals surface area contributed by atoms with Gasteiger partial charge in [-0.05, 0) is 51.3 Å². The Balaban J connectivity index is 2.58. The van der Waals surface area contributed by atoms with Gasteiger partial charge in [-0.1, -0.05) is 22.0 Å². The van der Waals surface area contributed by atoms with Crippen LogP contribution in [0.5, 0.6) is 5.75 Å². The quantitative estimate of drug-likeness (QED) is 0.903. The van der Waals surface area contributed by atoms with E-state index in [1.165, 1.54) is 0 Å². The molecule has 5 heteroatoms. The molecule has 1 aromatic rings. The van der Waals surface area contributed by atoms with E-state index in [0.29, 0.717) is 13.0 Å². The average molecular weight is 344 g/mol. The van der Waals surface area contributed by atoms with E-state index < -0.39 is 11.7 Å². The van der Waals surface area contributed by atoms with Crippen LogP contribution in [0.2, 0.25) is 0 Å². The lowest BCUT2D eigenvalue weighted by Gasteiger charge is -2.19. The fourth-order valence-corrected chi connectivity index (χ4v) is 2.04. The van der Waals surface area contributed by atoms with Crippen molar-refractivity contribution < 1.29 is 14.3 Å². The molecule has 0 heterocycles. The largest absolute Gasteiger partial charge is 0.496 e. The highest BCUT2D eigenvalue weighted by Gasteiger charge is 2.15. The van der Waals surface area contributed by atoms with Gasteiger partial charge in [-0.2, -0.15) is 0 Å². The van der Waals surface area contributed by atoms with Gasteiger partial charge in [-0.3, -0.25) is 0 Å². The molecular formula is C15H22BrNO3. The maximum Gasteiger partial charge on any atom is 0.407 e. The number of halogens is 1. The molecule has 0 bridgehead atoms. The van der Waals surface area contributed by atoms with Crippen LogP contribution >= 0.6 is 15.9 Å². The zero-order valence-electron chi connectivity index (χ0n) is 12.7. The topological polar surface area (TPSA) is 47.6 Å². The van der Waals surface area contributed by atoms with Crippen LogP contribution in [-0.2, 0) is 11.2 Å². The summed E-state index contributed by atoms with van der Waals surface area (Å²) in [6.45, 7) is 8.05. The van der Waals surface area contributed by atoms with Gasteiger partial charge in [0.15, 0.2) is 0 Å². The third-order valence-electron chi connectivity index (χ3n) is 2.62. The molecule has 0 radical (unpaired) electrons. The first kappa shape index (κ1) is 16.8. The molecule has 1 amide bonds. The number of alkyl carbamates (subject to hydrolysis) is 1. The molecule has 0 unspecified atom stereocenters. The average Bonchev–Trinajstić information content (AvgIpc) is 2.31. The first-order valence-corrected chi connectivity index (χ1v) is 7.32. The molecule has 112 valence electrons. The summed E-state index contributed by atoms with van der Waals surface area (Å²) in [5, 5.41) is 2.74. The molecule has 0 atom stereocenters. The minimum absolute atomic E-state index is 0.398. The normalized spacial score (nSPS) is 11.1. The summed E-state index contributed by atoms with van der Waals surface area (Å²) in [4.78, 5) is 11.6. The van der Waals surface area contributed by atoms with E-state index in [4.69, 9.17) is 9.47 Å². The Morgan fingerprint density at radius 1 is 1.35 bits per heavy atom. The molecule has 0 aliphatic rings. The first-order valence-electron chi connectivity index (χ1n) is 6.53. The van der Waals surface area contributed by atoms with E-state index in [-0.39, 0.29) is 0 Å². The predicted octanol–water partition coefficient (Wildman–Crippen LogP) is 3.83. The van der Waals surface area contributed by atoms with Gasteiger partial charge >= 0.3 is 6.09 Å². The fraction of sp³-hybridized carbons (Fsp3) is 0.533.